The highest BCUT2D eigenvalue weighted by atomic mass is 31.2. The molecule has 4 saturated carbocycles. The van der Waals surface area contributed by atoms with E-state index >= 15 is 0 Å². The van der Waals surface area contributed by atoms with Gasteiger partial charge in [0.1, 0.15) is 0 Å². The van der Waals surface area contributed by atoms with Gasteiger partial charge < -0.3 is 0 Å². The Hall–Kier alpha value is 0.290. The van der Waals surface area contributed by atoms with Gasteiger partial charge in [0.15, 0.2) is 0 Å². The molecule has 0 aromatic rings. The minimum atomic E-state index is -2.67. The summed E-state index contributed by atoms with van der Waals surface area (Å²) in [6.45, 7) is 0. The molecule has 4 rings (SSSR count). The maximum Gasteiger partial charge on any atom is 0.272 e. The summed E-state index contributed by atoms with van der Waals surface area (Å²) < 4.78 is 26.1. The van der Waals surface area contributed by atoms with Crippen LogP contribution in [0.4, 0.5) is 8.39 Å². The van der Waals surface area contributed by atoms with Crippen LogP contribution in [-0.2, 0) is 0 Å². The molecule has 0 unspecified atom stereocenters. The molecule has 0 heterocycles. The zero-order chi connectivity index (χ0) is 9.05. The first-order chi connectivity index (χ1) is 6.18. The van der Waals surface area contributed by atoms with Crippen molar-refractivity contribution in [1.29, 1.82) is 0 Å². The van der Waals surface area contributed by atoms with Crippen molar-refractivity contribution in [2.24, 2.45) is 17.8 Å². The van der Waals surface area contributed by atoms with Crippen molar-refractivity contribution in [1.82, 2.24) is 0 Å². The average Bonchev–Trinajstić information content (AvgIpc) is 2.00. The van der Waals surface area contributed by atoms with E-state index in [2.05, 4.69) is 0 Å². The first kappa shape index (κ1) is 8.59. The standard InChI is InChI=1S/C10H15F2P/c11-13(12)10-4-7-1-8(5-10)3-9(2-7)6-10/h7-9H,1-6H2. The van der Waals surface area contributed by atoms with Gasteiger partial charge in [0, 0.05) is 0 Å². The summed E-state index contributed by atoms with van der Waals surface area (Å²) in [5.74, 6) is 2.01. The Labute approximate surface area is 79.1 Å². The summed E-state index contributed by atoms with van der Waals surface area (Å²) in [6.07, 6.45) is 6.38. The van der Waals surface area contributed by atoms with Crippen molar-refractivity contribution in [3.8, 4) is 0 Å². The van der Waals surface area contributed by atoms with Crippen molar-refractivity contribution in [3.05, 3.63) is 0 Å². The van der Waals surface area contributed by atoms with E-state index in [1.54, 1.807) is 0 Å². The third-order valence-corrected chi connectivity index (χ3v) is 5.63. The molecule has 0 aliphatic heterocycles. The molecule has 4 bridgehead atoms. The highest BCUT2D eigenvalue weighted by Crippen LogP contribution is 2.69. The van der Waals surface area contributed by atoms with Gasteiger partial charge in [-0.15, -0.1) is 0 Å². The van der Waals surface area contributed by atoms with Crippen LogP contribution in [0, 0.1) is 17.8 Å². The highest BCUT2D eigenvalue weighted by Gasteiger charge is 2.55. The molecule has 0 nitrogen and oxygen atoms in total. The molecule has 74 valence electrons. The lowest BCUT2D eigenvalue weighted by Crippen LogP contribution is -2.48. The predicted octanol–water partition coefficient (Wildman–Crippen LogP) is 4.21. The second-order valence-electron chi connectivity index (χ2n) is 5.37. The smallest absolute Gasteiger partial charge is 0.188 e. The molecule has 4 aliphatic rings. The van der Waals surface area contributed by atoms with Crippen molar-refractivity contribution in [2.75, 3.05) is 0 Å². The van der Waals surface area contributed by atoms with E-state index in [-0.39, 0.29) is 0 Å². The maximum absolute atomic E-state index is 13.0. The SMILES string of the molecule is FP(F)C12CC3CC(CC(C3)C1)C2. The minimum Gasteiger partial charge on any atom is -0.188 e. The van der Waals surface area contributed by atoms with Crippen LogP contribution in [0.1, 0.15) is 38.5 Å². The van der Waals surface area contributed by atoms with Crippen molar-refractivity contribution < 1.29 is 8.39 Å². The van der Waals surface area contributed by atoms with Gasteiger partial charge in [0.05, 0.1) is 5.16 Å². The molecule has 0 amide bonds. The molecule has 0 spiro atoms. The number of hydrogen-bond donors (Lipinski definition) is 0. The minimum absolute atomic E-state index is 0.468. The quantitative estimate of drug-likeness (QED) is 0.561. The molecule has 0 radical (unpaired) electrons. The summed E-state index contributed by atoms with van der Waals surface area (Å²) in [5.41, 5.74) is 0. The lowest BCUT2D eigenvalue weighted by atomic mass is 9.56. The van der Waals surface area contributed by atoms with Crippen molar-refractivity contribution in [3.63, 3.8) is 0 Å². The second kappa shape index (κ2) is 2.66. The fourth-order valence-electron chi connectivity index (χ4n) is 4.27. The monoisotopic (exact) mass is 204 g/mol. The predicted molar refractivity (Wildman–Crippen MR) is 50.0 cm³/mol. The Morgan fingerprint density at radius 1 is 0.846 bits per heavy atom. The Bertz CT molecular complexity index is 192. The molecule has 0 aromatic carbocycles. The van der Waals surface area contributed by atoms with E-state index in [4.69, 9.17) is 0 Å². The largest absolute Gasteiger partial charge is 0.272 e. The number of rotatable bonds is 1. The average molecular weight is 204 g/mol. The molecule has 4 fully saturated rings. The Kier molecular flexibility index (Phi) is 1.75. The topological polar surface area (TPSA) is 0 Å². The summed E-state index contributed by atoms with van der Waals surface area (Å²) in [6, 6.07) is 0. The number of hydrogen-bond acceptors (Lipinski definition) is 0. The van der Waals surface area contributed by atoms with Gasteiger partial charge >= 0.3 is 0 Å². The van der Waals surface area contributed by atoms with Crippen LogP contribution in [0.25, 0.3) is 0 Å². The van der Waals surface area contributed by atoms with Gasteiger partial charge in [0.25, 0.3) is 8.54 Å². The molecular weight excluding hydrogens is 189 g/mol. The summed E-state index contributed by atoms with van der Waals surface area (Å²) >= 11 is 0. The van der Waals surface area contributed by atoms with Crippen molar-refractivity contribution >= 4 is 8.54 Å². The van der Waals surface area contributed by atoms with E-state index < -0.39 is 13.7 Å². The summed E-state index contributed by atoms with van der Waals surface area (Å²) in [7, 11) is -2.67. The maximum atomic E-state index is 13.0. The fourth-order valence-corrected chi connectivity index (χ4v) is 5.46. The van der Waals surface area contributed by atoms with Gasteiger partial charge in [-0.1, -0.05) is 0 Å². The van der Waals surface area contributed by atoms with Crippen LogP contribution in [0.5, 0.6) is 0 Å². The summed E-state index contributed by atoms with van der Waals surface area (Å²) in [5, 5.41) is -0.468. The Morgan fingerprint density at radius 3 is 1.54 bits per heavy atom. The van der Waals surface area contributed by atoms with Crippen LogP contribution in [0.3, 0.4) is 0 Å². The van der Waals surface area contributed by atoms with E-state index in [0.717, 1.165) is 19.3 Å². The zero-order valence-corrected chi connectivity index (χ0v) is 8.57. The highest BCUT2D eigenvalue weighted by molar-refractivity contribution is 7.48. The molecule has 3 heteroatoms. The Morgan fingerprint density at radius 2 is 1.23 bits per heavy atom. The zero-order valence-electron chi connectivity index (χ0n) is 7.68. The van der Waals surface area contributed by atoms with Crippen LogP contribution < -0.4 is 0 Å². The summed E-state index contributed by atoms with van der Waals surface area (Å²) in [4.78, 5) is 0. The Balaban J connectivity index is 1.91. The molecule has 13 heavy (non-hydrogen) atoms. The van der Waals surface area contributed by atoms with Crippen LogP contribution >= 0.6 is 8.54 Å². The molecule has 4 aliphatic carbocycles. The lowest BCUT2D eigenvalue weighted by Gasteiger charge is -2.55. The van der Waals surface area contributed by atoms with Crippen LogP contribution in [0.2, 0.25) is 0 Å². The van der Waals surface area contributed by atoms with Gasteiger partial charge in [-0.25, -0.2) is 0 Å². The third kappa shape index (κ3) is 1.17. The lowest BCUT2D eigenvalue weighted by molar-refractivity contribution is 0.0318. The van der Waals surface area contributed by atoms with E-state index in [0.29, 0.717) is 17.8 Å². The fraction of sp³-hybridized carbons (Fsp3) is 1.00. The van der Waals surface area contributed by atoms with E-state index in [1.165, 1.54) is 19.3 Å². The van der Waals surface area contributed by atoms with E-state index in [9.17, 15) is 8.39 Å². The van der Waals surface area contributed by atoms with Crippen LogP contribution in [0.15, 0.2) is 0 Å². The third-order valence-electron chi connectivity index (χ3n) is 4.36. The normalized spacial score (nSPS) is 53.3. The van der Waals surface area contributed by atoms with Gasteiger partial charge in [-0.3, -0.25) is 0 Å². The molecule has 0 N–H and O–H groups in total. The van der Waals surface area contributed by atoms with E-state index in [1.807, 2.05) is 0 Å². The molecule has 0 atom stereocenters. The second-order valence-corrected chi connectivity index (χ2v) is 6.79. The van der Waals surface area contributed by atoms with Crippen molar-refractivity contribution in [2.45, 2.75) is 43.7 Å². The first-order valence-corrected chi connectivity index (χ1v) is 6.42. The van der Waals surface area contributed by atoms with Gasteiger partial charge in [-0.05, 0) is 56.3 Å². The number of halogens is 2. The van der Waals surface area contributed by atoms with Crippen LogP contribution in [-0.4, -0.2) is 5.16 Å². The van der Waals surface area contributed by atoms with Gasteiger partial charge in [-0.2, -0.15) is 8.39 Å². The molecule has 0 aromatic heterocycles. The molecule has 0 saturated heterocycles. The first-order valence-electron chi connectivity index (χ1n) is 5.30. The van der Waals surface area contributed by atoms with Gasteiger partial charge in [0.2, 0.25) is 0 Å². The molecular formula is C10H15F2P.